The van der Waals surface area contributed by atoms with E-state index in [-0.39, 0.29) is 33.4 Å². The van der Waals surface area contributed by atoms with Gasteiger partial charge in [0, 0.05) is 13.1 Å². The highest BCUT2D eigenvalue weighted by Gasteiger charge is 2.31. The molecule has 0 amide bonds. The molecule has 1 aliphatic rings. The first kappa shape index (κ1) is 21.0. The van der Waals surface area contributed by atoms with E-state index in [1.54, 1.807) is 19.1 Å². The number of benzene rings is 2. The van der Waals surface area contributed by atoms with Crippen molar-refractivity contribution in [2.24, 2.45) is 0 Å². The van der Waals surface area contributed by atoms with Gasteiger partial charge in [-0.2, -0.15) is 13.1 Å². The summed E-state index contributed by atoms with van der Waals surface area (Å²) in [6.45, 7) is 2.91. The van der Waals surface area contributed by atoms with Crippen LogP contribution in [-0.4, -0.2) is 49.6 Å². The number of fused-ring (bicyclic) bond motifs is 1. The summed E-state index contributed by atoms with van der Waals surface area (Å²) in [7, 11) is -7.82. The number of nitrogens with one attached hydrogen (secondary N) is 1. The first-order chi connectivity index (χ1) is 14.3. The van der Waals surface area contributed by atoms with Crippen LogP contribution < -0.4 is 9.46 Å². The summed E-state index contributed by atoms with van der Waals surface area (Å²) in [5.74, 6) is 0.193. The van der Waals surface area contributed by atoms with Crippen LogP contribution in [0.4, 0.5) is 5.69 Å². The van der Waals surface area contributed by atoms with Gasteiger partial charge in [-0.05, 0) is 50.1 Å². The van der Waals surface area contributed by atoms with Crippen molar-refractivity contribution in [3.8, 4) is 5.75 Å². The van der Waals surface area contributed by atoms with Crippen molar-refractivity contribution in [2.75, 3.05) is 24.4 Å². The number of sulfonamides is 2. The summed E-state index contributed by atoms with van der Waals surface area (Å²) in [6, 6.07) is 8.94. The first-order valence-corrected chi connectivity index (χ1v) is 13.0. The van der Waals surface area contributed by atoms with Crippen LogP contribution in [0.3, 0.4) is 0 Å². The minimum absolute atomic E-state index is 0.0217. The van der Waals surface area contributed by atoms with Crippen LogP contribution in [0.5, 0.6) is 5.75 Å². The number of hydrogen-bond acceptors (Lipinski definition) is 8. The molecule has 0 bridgehead atoms. The second-order valence-electron chi connectivity index (χ2n) is 6.70. The Balaban J connectivity index is 1.74. The van der Waals surface area contributed by atoms with E-state index in [9.17, 15) is 16.8 Å². The van der Waals surface area contributed by atoms with Crippen molar-refractivity contribution in [3.63, 3.8) is 0 Å². The normalized spacial score (nSPS) is 15.5. The van der Waals surface area contributed by atoms with E-state index in [1.807, 2.05) is 0 Å². The van der Waals surface area contributed by atoms with E-state index in [0.29, 0.717) is 18.6 Å². The van der Waals surface area contributed by atoms with Gasteiger partial charge in [-0.1, -0.05) is 6.07 Å². The molecule has 160 valence electrons. The molecule has 0 unspecified atom stereocenters. The van der Waals surface area contributed by atoms with Gasteiger partial charge in [0.2, 0.25) is 10.0 Å². The molecule has 0 spiro atoms. The van der Waals surface area contributed by atoms with Crippen molar-refractivity contribution in [3.05, 3.63) is 36.4 Å². The van der Waals surface area contributed by atoms with E-state index < -0.39 is 20.0 Å². The predicted molar refractivity (Wildman–Crippen MR) is 114 cm³/mol. The lowest BCUT2D eigenvalue weighted by Gasteiger charge is -2.19. The van der Waals surface area contributed by atoms with Crippen LogP contribution in [0.2, 0.25) is 0 Å². The molecule has 1 aromatic heterocycles. The molecule has 30 heavy (non-hydrogen) atoms. The van der Waals surface area contributed by atoms with Crippen molar-refractivity contribution in [2.45, 2.75) is 29.6 Å². The zero-order valence-electron chi connectivity index (χ0n) is 16.1. The van der Waals surface area contributed by atoms with Gasteiger partial charge in [-0.15, -0.1) is 0 Å². The molecule has 12 heteroatoms. The van der Waals surface area contributed by atoms with Crippen LogP contribution in [0.15, 0.2) is 46.2 Å². The Morgan fingerprint density at radius 3 is 2.57 bits per heavy atom. The van der Waals surface area contributed by atoms with Crippen LogP contribution in [0, 0.1) is 0 Å². The first-order valence-electron chi connectivity index (χ1n) is 9.34. The number of nitrogens with zero attached hydrogens (tertiary/aromatic N) is 3. The van der Waals surface area contributed by atoms with Crippen molar-refractivity contribution >= 4 is 48.5 Å². The maximum absolute atomic E-state index is 13.1. The second-order valence-corrected chi connectivity index (χ2v) is 10.8. The van der Waals surface area contributed by atoms with Gasteiger partial charge in [-0.25, -0.2) is 16.8 Å². The van der Waals surface area contributed by atoms with Gasteiger partial charge < -0.3 is 4.74 Å². The third kappa shape index (κ3) is 3.87. The largest absolute Gasteiger partial charge is 0.492 e. The zero-order valence-corrected chi connectivity index (χ0v) is 18.6. The summed E-state index contributed by atoms with van der Waals surface area (Å²) in [5, 5.41) is 0. The van der Waals surface area contributed by atoms with Gasteiger partial charge in [0.15, 0.2) is 0 Å². The average Bonchev–Trinajstić information content (AvgIpc) is 3.41. The molecule has 9 nitrogen and oxygen atoms in total. The topological polar surface area (TPSA) is 119 Å². The Bertz CT molecular complexity index is 1280. The summed E-state index contributed by atoms with van der Waals surface area (Å²) in [5.41, 5.74) is 0.870. The lowest BCUT2D eigenvalue weighted by molar-refractivity contribution is 0.330. The van der Waals surface area contributed by atoms with Crippen LogP contribution >= 0.6 is 11.7 Å². The van der Waals surface area contributed by atoms with Crippen molar-refractivity contribution < 1.29 is 21.6 Å². The van der Waals surface area contributed by atoms with Gasteiger partial charge in [0.05, 0.1) is 24.0 Å². The fourth-order valence-electron chi connectivity index (χ4n) is 3.32. The predicted octanol–water partition coefficient (Wildman–Crippen LogP) is 2.68. The van der Waals surface area contributed by atoms with Gasteiger partial charge in [0.1, 0.15) is 26.6 Å². The van der Waals surface area contributed by atoms with Gasteiger partial charge in [0.25, 0.3) is 10.0 Å². The lowest BCUT2D eigenvalue weighted by atomic mass is 10.3. The Morgan fingerprint density at radius 2 is 1.83 bits per heavy atom. The lowest BCUT2D eigenvalue weighted by Crippen LogP contribution is -2.28. The summed E-state index contributed by atoms with van der Waals surface area (Å²) < 4.78 is 69.6. The minimum Gasteiger partial charge on any atom is -0.492 e. The molecule has 1 saturated heterocycles. The molecule has 0 aliphatic carbocycles. The van der Waals surface area contributed by atoms with Crippen LogP contribution in [0.1, 0.15) is 19.8 Å². The minimum atomic E-state index is -4.01. The van der Waals surface area contributed by atoms with Crippen molar-refractivity contribution in [1.29, 1.82) is 0 Å². The Morgan fingerprint density at radius 1 is 1.07 bits per heavy atom. The van der Waals surface area contributed by atoms with Gasteiger partial charge >= 0.3 is 0 Å². The fourth-order valence-corrected chi connectivity index (χ4v) is 6.82. The molecule has 0 saturated carbocycles. The molecule has 1 aliphatic heterocycles. The standard InChI is InChI=1S/C18H20N4O5S3/c1-2-27-15-9-8-13(12-17(15)30(25,26)22-10-3-4-11-22)21-29(23,24)16-7-5-6-14-18(16)20-28-19-14/h5-9,12,21H,2-4,10-11H2,1H3. The van der Waals surface area contributed by atoms with E-state index in [2.05, 4.69) is 13.5 Å². The third-order valence-corrected chi connectivity index (χ3v) is 8.59. The number of aromatic nitrogens is 2. The zero-order chi connectivity index (χ0) is 21.4. The molecule has 1 N–H and O–H groups in total. The highest BCUT2D eigenvalue weighted by molar-refractivity contribution is 7.93. The molecule has 2 heterocycles. The molecular formula is C18H20N4O5S3. The third-order valence-electron chi connectivity index (χ3n) is 4.72. The number of ether oxygens (including phenoxy) is 1. The molecule has 4 rings (SSSR count). The van der Waals surface area contributed by atoms with E-state index in [0.717, 1.165) is 24.6 Å². The Hall–Kier alpha value is -2.28. The van der Waals surface area contributed by atoms with Crippen LogP contribution in [0.25, 0.3) is 11.0 Å². The Kier molecular flexibility index (Phi) is 5.66. The smallest absolute Gasteiger partial charge is 0.264 e. The highest BCUT2D eigenvalue weighted by Crippen LogP contribution is 2.33. The fraction of sp³-hybridized carbons (Fsp3) is 0.333. The SMILES string of the molecule is CCOc1ccc(NS(=O)(=O)c2cccc3nsnc23)cc1S(=O)(=O)N1CCCC1. The summed E-state index contributed by atoms with van der Waals surface area (Å²) in [4.78, 5) is -0.0773. The second kappa shape index (κ2) is 8.10. The van der Waals surface area contributed by atoms with E-state index in [1.165, 1.54) is 28.6 Å². The maximum atomic E-state index is 13.1. The molecule has 2 aromatic carbocycles. The van der Waals surface area contributed by atoms with E-state index >= 15 is 0 Å². The molecule has 3 aromatic rings. The number of hydrogen-bond donors (Lipinski definition) is 1. The molecule has 0 radical (unpaired) electrons. The maximum Gasteiger partial charge on any atom is 0.264 e. The van der Waals surface area contributed by atoms with Crippen LogP contribution in [-0.2, 0) is 20.0 Å². The van der Waals surface area contributed by atoms with Gasteiger partial charge in [-0.3, -0.25) is 4.72 Å². The van der Waals surface area contributed by atoms with Crippen molar-refractivity contribution in [1.82, 2.24) is 13.1 Å². The monoisotopic (exact) mass is 468 g/mol. The van der Waals surface area contributed by atoms with E-state index in [4.69, 9.17) is 4.74 Å². The Labute approximate surface area is 179 Å². The summed E-state index contributed by atoms with van der Waals surface area (Å²) in [6.07, 6.45) is 1.59. The average molecular weight is 469 g/mol. The number of anilines is 1. The highest BCUT2D eigenvalue weighted by atomic mass is 32.2. The molecular weight excluding hydrogens is 448 g/mol. The molecule has 1 fully saturated rings. The summed E-state index contributed by atoms with van der Waals surface area (Å²) >= 11 is 0.923. The molecule has 0 atom stereocenters. The quantitative estimate of drug-likeness (QED) is 0.566. The number of rotatable bonds is 7.